The van der Waals surface area contributed by atoms with E-state index in [1.165, 1.54) is 21.7 Å². The first-order chi connectivity index (χ1) is 13.6. The van der Waals surface area contributed by atoms with Crippen LogP contribution in [0.3, 0.4) is 0 Å². The topological polar surface area (TPSA) is 61.1 Å². The Balaban J connectivity index is 1.76. The lowest BCUT2D eigenvalue weighted by molar-refractivity contribution is 0.589. The summed E-state index contributed by atoms with van der Waals surface area (Å²) in [5, 5.41) is 1.36. The normalized spacial score (nSPS) is 12.0. The van der Waals surface area contributed by atoms with Crippen molar-refractivity contribution in [2.45, 2.75) is 4.90 Å². The zero-order chi connectivity index (χ0) is 19.3. The van der Waals surface area contributed by atoms with Crippen molar-refractivity contribution in [2.75, 3.05) is 0 Å². The molecule has 0 saturated heterocycles. The van der Waals surface area contributed by atoms with E-state index in [9.17, 15) is 13.2 Å². The summed E-state index contributed by atoms with van der Waals surface area (Å²) >= 11 is 1.35. The van der Waals surface area contributed by atoms with Gasteiger partial charge in [-0.3, -0.25) is 4.79 Å². The van der Waals surface area contributed by atoms with E-state index in [1.807, 2.05) is 24.3 Å². The maximum absolute atomic E-state index is 13.1. The van der Waals surface area contributed by atoms with Gasteiger partial charge < -0.3 is 0 Å². The molecular formula is C21H14N2O3S2. The molecule has 0 spiro atoms. The predicted molar refractivity (Wildman–Crippen MR) is 112 cm³/mol. The van der Waals surface area contributed by atoms with Gasteiger partial charge in [0, 0.05) is 11.6 Å². The van der Waals surface area contributed by atoms with Gasteiger partial charge in [-0.05, 0) is 42.5 Å². The molecule has 2 aromatic heterocycles. The number of benzene rings is 3. The molecule has 2 heterocycles. The molecule has 0 radical (unpaired) electrons. The SMILES string of the molecule is O=c1c2ccccc2sn1-c1cccc2c1ccn2S(=O)(=O)c1ccccc1. The lowest BCUT2D eigenvalue weighted by Crippen LogP contribution is -2.12. The predicted octanol–water partition coefficient (Wildman–Crippen LogP) is 4.24. The van der Waals surface area contributed by atoms with Crippen LogP contribution in [0, 0.1) is 0 Å². The minimum Gasteiger partial charge on any atom is -0.267 e. The van der Waals surface area contributed by atoms with Gasteiger partial charge in [0.05, 0.1) is 26.2 Å². The second-order valence-electron chi connectivity index (χ2n) is 6.33. The van der Waals surface area contributed by atoms with Crippen LogP contribution in [0.4, 0.5) is 0 Å². The highest BCUT2D eigenvalue weighted by Gasteiger charge is 2.20. The number of fused-ring (bicyclic) bond motifs is 2. The van der Waals surface area contributed by atoms with Crippen LogP contribution in [0.15, 0.2) is 94.7 Å². The van der Waals surface area contributed by atoms with Crippen molar-refractivity contribution in [1.29, 1.82) is 0 Å². The van der Waals surface area contributed by atoms with E-state index in [1.54, 1.807) is 58.6 Å². The van der Waals surface area contributed by atoms with E-state index in [4.69, 9.17) is 0 Å². The first-order valence-corrected chi connectivity index (χ1v) is 10.8. The number of hydrogen-bond acceptors (Lipinski definition) is 4. The standard InChI is InChI=1S/C21H14N2O3S2/c24-21-17-9-4-5-12-20(17)27-23(21)19-11-6-10-18-16(19)13-14-22(18)28(25,26)15-7-2-1-3-8-15/h1-14H. The van der Waals surface area contributed by atoms with E-state index in [-0.39, 0.29) is 10.5 Å². The summed E-state index contributed by atoms with van der Waals surface area (Å²) < 4.78 is 29.9. The van der Waals surface area contributed by atoms with Crippen molar-refractivity contribution >= 4 is 42.5 Å². The minimum atomic E-state index is -3.72. The number of hydrogen-bond donors (Lipinski definition) is 0. The highest BCUT2D eigenvalue weighted by molar-refractivity contribution is 7.90. The molecule has 0 aliphatic carbocycles. The molecule has 5 rings (SSSR count). The quantitative estimate of drug-likeness (QED) is 0.450. The average Bonchev–Trinajstić information content (AvgIpc) is 3.31. The van der Waals surface area contributed by atoms with Crippen LogP contribution in [0.2, 0.25) is 0 Å². The number of nitrogens with zero attached hydrogens (tertiary/aromatic N) is 2. The third kappa shape index (κ3) is 2.44. The Kier molecular flexibility index (Phi) is 3.75. The van der Waals surface area contributed by atoms with E-state index >= 15 is 0 Å². The smallest absolute Gasteiger partial charge is 0.267 e. The molecule has 0 fully saturated rings. The number of aromatic nitrogens is 2. The molecule has 28 heavy (non-hydrogen) atoms. The van der Waals surface area contributed by atoms with Crippen LogP contribution in [0.25, 0.3) is 26.7 Å². The maximum Gasteiger partial charge on any atom is 0.273 e. The van der Waals surface area contributed by atoms with Crippen LogP contribution >= 0.6 is 11.5 Å². The fourth-order valence-electron chi connectivity index (χ4n) is 3.35. The molecule has 0 saturated carbocycles. The Labute approximate surface area is 164 Å². The van der Waals surface area contributed by atoms with Gasteiger partial charge >= 0.3 is 0 Å². The first-order valence-electron chi connectivity index (χ1n) is 8.59. The first kappa shape index (κ1) is 17.0. The fraction of sp³-hybridized carbons (Fsp3) is 0. The summed E-state index contributed by atoms with van der Waals surface area (Å²) in [5.41, 5.74) is 1.10. The highest BCUT2D eigenvalue weighted by atomic mass is 32.2. The lowest BCUT2D eigenvalue weighted by Gasteiger charge is -2.08. The molecule has 3 aromatic carbocycles. The fourth-order valence-corrected chi connectivity index (χ4v) is 5.75. The van der Waals surface area contributed by atoms with Crippen molar-refractivity contribution in [1.82, 2.24) is 7.93 Å². The molecule has 0 atom stereocenters. The van der Waals surface area contributed by atoms with Gasteiger partial charge in [-0.2, -0.15) is 0 Å². The molecule has 138 valence electrons. The zero-order valence-corrected chi connectivity index (χ0v) is 16.2. The third-order valence-electron chi connectivity index (χ3n) is 4.68. The Morgan fingerprint density at radius 3 is 2.29 bits per heavy atom. The third-order valence-corrected chi connectivity index (χ3v) is 7.49. The van der Waals surface area contributed by atoms with Crippen molar-refractivity contribution in [3.63, 3.8) is 0 Å². The van der Waals surface area contributed by atoms with Crippen LogP contribution in [0.5, 0.6) is 0 Å². The Morgan fingerprint density at radius 2 is 1.50 bits per heavy atom. The van der Waals surface area contributed by atoms with Crippen LogP contribution in [-0.4, -0.2) is 16.3 Å². The monoisotopic (exact) mass is 406 g/mol. The Hall–Kier alpha value is -3.16. The second kappa shape index (κ2) is 6.19. The van der Waals surface area contributed by atoms with E-state index in [2.05, 4.69) is 0 Å². The molecule has 5 nitrogen and oxygen atoms in total. The van der Waals surface area contributed by atoms with Gasteiger partial charge in [0.15, 0.2) is 0 Å². The Morgan fingerprint density at radius 1 is 0.750 bits per heavy atom. The number of rotatable bonds is 3. The molecule has 0 aliphatic heterocycles. The van der Waals surface area contributed by atoms with Gasteiger partial charge in [-0.25, -0.2) is 16.3 Å². The summed E-state index contributed by atoms with van der Waals surface area (Å²) in [6, 6.07) is 22.8. The van der Waals surface area contributed by atoms with E-state index < -0.39 is 10.0 Å². The summed E-state index contributed by atoms with van der Waals surface area (Å²) in [6.07, 6.45) is 1.54. The highest BCUT2D eigenvalue weighted by Crippen LogP contribution is 2.29. The van der Waals surface area contributed by atoms with Crippen molar-refractivity contribution < 1.29 is 8.42 Å². The lowest BCUT2D eigenvalue weighted by atomic mass is 10.2. The van der Waals surface area contributed by atoms with Gasteiger partial charge in [-0.15, -0.1) is 0 Å². The summed E-state index contributed by atoms with van der Waals surface area (Å²) in [5.74, 6) is 0. The molecule has 0 bridgehead atoms. The van der Waals surface area contributed by atoms with Gasteiger partial charge in [-0.1, -0.05) is 47.9 Å². The molecular weight excluding hydrogens is 392 g/mol. The summed E-state index contributed by atoms with van der Waals surface area (Å²) in [7, 11) is -3.72. The van der Waals surface area contributed by atoms with E-state index in [0.29, 0.717) is 22.0 Å². The molecule has 0 aliphatic rings. The van der Waals surface area contributed by atoms with Crippen molar-refractivity contribution in [2.24, 2.45) is 0 Å². The largest absolute Gasteiger partial charge is 0.273 e. The molecule has 0 N–H and O–H groups in total. The van der Waals surface area contributed by atoms with Gasteiger partial charge in [0.25, 0.3) is 15.6 Å². The minimum absolute atomic E-state index is 0.105. The van der Waals surface area contributed by atoms with Crippen molar-refractivity contribution in [3.8, 4) is 5.69 Å². The van der Waals surface area contributed by atoms with Crippen LogP contribution in [-0.2, 0) is 10.0 Å². The molecule has 7 heteroatoms. The Bertz CT molecular complexity index is 1490. The van der Waals surface area contributed by atoms with Crippen LogP contribution < -0.4 is 5.56 Å². The maximum atomic E-state index is 13.1. The molecule has 0 unspecified atom stereocenters. The average molecular weight is 406 g/mol. The molecule has 0 amide bonds. The van der Waals surface area contributed by atoms with Crippen LogP contribution in [0.1, 0.15) is 0 Å². The molecule has 5 aromatic rings. The van der Waals surface area contributed by atoms with Crippen molar-refractivity contribution in [3.05, 3.63) is 95.4 Å². The van der Waals surface area contributed by atoms with Gasteiger partial charge in [0.1, 0.15) is 0 Å². The summed E-state index contributed by atoms with van der Waals surface area (Å²) in [6.45, 7) is 0. The van der Waals surface area contributed by atoms with Gasteiger partial charge in [0.2, 0.25) is 0 Å². The summed E-state index contributed by atoms with van der Waals surface area (Å²) in [4.78, 5) is 13.1. The zero-order valence-electron chi connectivity index (χ0n) is 14.5. The second-order valence-corrected chi connectivity index (χ2v) is 9.13. The van der Waals surface area contributed by atoms with E-state index in [0.717, 1.165) is 4.70 Å².